The van der Waals surface area contributed by atoms with Crippen LogP contribution in [0, 0.1) is 11.7 Å². The van der Waals surface area contributed by atoms with Gasteiger partial charge in [0.15, 0.2) is 5.65 Å². The fourth-order valence-electron chi connectivity index (χ4n) is 3.04. The average Bonchev–Trinajstić information content (AvgIpc) is 3.21. The van der Waals surface area contributed by atoms with E-state index in [0.29, 0.717) is 34.4 Å². The van der Waals surface area contributed by atoms with Gasteiger partial charge in [0, 0.05) is 6.54 Å². The highest BCUT2D eigenvalue weighted by Gasteiger charge is 2.23. The van der Waals surface area contributed by atoms with Gasteiger partial charge < -0.3 is 11.1 Å². The van der Waals surface area contributed by atoms with Gasteiger partial charge in [-0.2, -0.15) is 4.98 Å². The van der Waals surface area contributed by atoms with Crippen LogP contribution in [0.25, 0.3) is 27.3 Å². The zero-order valence-electron chi connectivity index (χ0n) is 14.4. The Morgan fingerprint density at radius 1 is 1.22 bits per heavy atom. The standard InChI is InChI=1S/C19H17FN6S/c20-12-3-1-4-13(9-12)26-17(21)15-16(14-5-2-8-27-14)23-19(24-18(15)25-26)22-10-11-6-7-11/h1-5,8-9,11H,6-7,10,21H2,(H,22,24,25). The van der Waals surface area contributed by atoms with Crippen molar-refractivity contribution >= 4 is 34.1 Å². The molecule has 1 aliphatic carbocycles. The second-order valence-corrected chi connectivity index (χ2v) is 7.62. The lowest BCUT2D eigenvalue weighted by Gasteiger charge is -2.07. The lowest BCUT2D eigenvalue weighted by molar-refractivity contribution is 0.625. The van der Waals surface area contributed by atoms with E-state index < -0.39 is 0 Å². The van der Waals surface area contributed by atoms with Crippen molar-refractivity contribution < 1.29 is 4.39 Å². The number of aromatic nitrogens is 4. The normalized spacial score (nSPS) is 14.0. The largest absolute Gasteiger partial charge is 0.383 e. The molecule has 27 heavy (non-hydrogen) atoms. The Labute approximate surface area is 158 Å². The minimum Gasteiger partial charge on any atom is -0.383 e. The van der Waals surface area contributed by atoms with Gasteiger partial charge in [0.1, 0.15) is 11.6 Å². The predicted octanol–water partition coefficient (Wildman–Crippen LogP) is 4.09. The van der Waals surface area contributed by atoms with Crippen molar-refractivity contribution in [2.45, 2.75) is 12.8 Å². The number of thiophene rings is 1. The minimum absolute atomic E-state index is 0.345. The number of benzene rings is 1. The van der Waals surface area contributed by atoms with E-state index in [2.05, 4.69) is 15.4 Å². The Bertz CT molecular complexity index is 1120. The second-order valence-electron chi connectivity index (χ2n) is 6.67. The molecule has 136 valence electrons. The van der Waals surface area contributed by atoms with Crippen molar-refractivity contribution in [1.29, 1.82) is 0 Å². The van der Waals surface area contributed by atoms with Crippen molar-refractivity contribution in [2.24, 2.45) is 5.92 Å². The second kappa shape index (κ2) is 6.31. The molecule has 1 fully saturated rings. The zero-order chi connectivity index (χ0) is 18.4. The van der Waals surface area contributed by atoms with Crippen LogP contribution in [0.1, 0.15) is 12.8 Å². The number of anilines is 2. The van der Waals surface area contributed by atoms with Crippen LogP contribution in [0.4, 0.5) is 16.2 Å². The number of nitrogens with zero attached hydrogens (tertiary/aromatic N) is 4. The van der Waals surface area contributed by atoms with Gasteiger partial charge in [-0.15, -0.1) is 16.4 Å². The number of nitrogens with two attached hydrogens (primary N) is 1. The highest BCUT2D eigenvalue weighted by molar-refractivity contribution is 7.13. The Balaban J connectivity index is 1.68. The summed E-state index contributed by atoms with van der Waals surface area (Å²) in [7, 11) is 0. The summed E-state index contributed by atoms with van der Waals surface area (Å²) in [5, 5.41) is 10.5. The Kier molecular flexibility index (Phi) is 3.78. The Morgan fingerprint density at radius 2 is 2.11 bits per heavy atom. The van der Waals surface area contributed by atoms with Gasteiger partial charge in [0.2, 0.25) is 5.95 Å². The molecule has 3 aromatic heterocycles. The van der Waals surface area contributed by atoms with Gasteiger partial charge >= 0.3 is 0 Å². The Morgan fingerprint density at radius 3 is 2.85 bits per heavy atom. The van der Waals surface area contributed by atoms with Gasteiger partial charge in [-0.1, -0.05) is 12.1 Å². The van der Waals surface area contributed by atoms with Crippen LogP contribution in [0.15, 0.2) is 41.8 Å². The van der Waals surface area contributed by atoms with Gasteiger partial charge in [-0.3, -0.25) is 0 Å². The molecule has 0 atom stereocenters. The molecule has 4 aromatic rings. The van der Waals surface area contributed by atoms with Crippen molar-refractivity contribution in [1.82, 2.24) is 19.7 Å². The quantitative estimate of drug-likeness (QED) is 0.545. The SMILES string of the molecule is Nc1c2c(-c3cccs3)nc(NCC3CC3)nc2nn1-c1cccc(F)c1. The van der Waals surface area contributed by atoms with Gasteiger partial charge in [0.25, 0.3) is 0 Å². The lowest BCUT2D eigenvalue weighted by atomic mass is 10.2. The maximum Gasteiger partial charge on any atom is 0.225 e. The fraction of sp³-hybridized carbons (Fsp3) is 0.211. The Hall–Kier alpha value is -3.00. The molecule has 8 heteroatoms. The van der Waals surface area contributed by atoms with Crippen LogP contribution in [-0.4, -0.2) is 26.3 Å². The van der Waals surface area contributed by atoms with E-state index in [9.17, 15) is 4.39 Å². The van der Waals surface area contributed by atoms with E-state index in [1.165, 1.54) is 29.7 Å². The summed E-state index contributed by atoms with van der Waals surface area (Å²) in [5.41, 5.74) is 8.18. The van der Waals surface area contributed by atoms with Crippen molar-refractivity contribution in [3.63, 3.8) is 0 Å². The molecule has 0 amide bonds. The topological polar surface area (TPSA) is 81.7 Å². The lowest BCUT2D eigenvalue weighted by Crippen LogP contribution is -2.07. The molecule has 1 saturated carbocycles. The maximum atomic E-state index is 13.7. The highest BCUT2D eigenvalue weighted by Crippen LogP contribution is 2.35. The van der Waals surface area contributed by atoms with E-state index in [0.717, 1.165) is 17.1 Å². The summed E-state index contributed by atoms with van der Waals surface area (Å²) < 4.78 is 15.2. The number of nitrogen functional groups attached to an aromatic ring is 1. The van der Waals surface area contributed by atoms with Crippen LogP contribution < -0.4 is 11.1 Å². The zero-order valence-corrected chi connectivity index (χ0v) is 15.2. The summed E-state index contributed by atoms with van der Waals surface area (Å²) in [6.07, 6.45) is 2.49. The highest BCUT2D eigenvalue weighted by atomic mass is 32.1. The molecule has 0 unspecified atom stereocenters. The number of hydrogen-bond acceptors (Lipinski definition) is 6. The van der Waals surface area contributed by atoms with E-state index in [-0.39, 0.29) is 5.82 Å². The first-order valence-corrected chi connectivity index (χ1v) is 9.67. The summed E-state index contributed by atoms with van der Waals surface area (Å²) in [6, 6.07) is 10.1. The molecule has 3 heterocycles. The molecule has 3 N–H and O–H groups in total. The number of rotatable bonds is 5. The van der Waals surface area contributed by atoms with Crippen LogP contribution >= 0.6 is 11.3 Å². The van der Waals surface area contributed by atoms with Gasteiger partial charge in [-0.25, -0.2) is 14.1 Å². The number of nitrogens with one attached hydrogen (secondary N) is 1. The number of hydrogen-bond donors (Lipinski definition) is 2. The molecule has 6 nitrogen and oxygen atoms in total. The molecule has 1 aromatic carbocycles. The first-order valence-electron chi connectivity index (χ1n) is 8.79. The molecule has 0 saturated heterocycles. The number of fused-ring (bicyclic) bond motifs is 1. The average molecular weight is 380 g/mol. The summed E-state index contributed by atoms with van der Waals surface area (Å²) >= 11 is 1.58. The van der Waals surface area contributed by atoms with Crippen LogP contribution in [0.2, 0.25) is 0 Å². The fourth-order valence-corrected chi connectivity index (χ4v) is 3.76. The number of halogens is 1. The van der Waals surface area contributed by atoms with Crippen molar-refractivity contribution in [2.75, 3.05) is 17.6 Å². The molecular weight excluding hydrogens is 363 g/mol. The molecule has 5 rings (SSSR count). The molecular formula is C19H17FN6S. The van der Waals surface area contributed by atoms with Gasteiger partial charge in [0.05, 0.1) is 21.6 Å². The smallest absolute Gasteiger partial charge is 0.225 e. The molecule has 0 aliphatic heterocycles. The first-order chi connectivity index (χ1) is 13.2. The third-order valence-electron chi connectivity index (χ3n) is 4.62. The van der Waals surface area contributed by atoms with E-state index in [4.69, 9.17) is 10.7 Å². The van der Waals surface area contributed by atoms with Crippen molar-refractivity contribution in [3.8, 4) is 16.3 Å². The summed E-state index contributed by atoms with van der Waals surface area (Å²) in [6.45, 7) is 0.857. The monoisotopic (exact) mass is 380 g/mol. The first kappa shape index (κ1) is 16.2. The molecule has 0 radical (unpaired) electrons. The molecule has 0 bridgehead atoms. The third kappa shape index (κ3) is 3.02. The summed E-state index contributed by atoms with van der Waals surface area (Å²) in [5.74, 6) is 1.29. The van der Waals surface area contributed by atoms with Gasteiger partial charge in [-0.05, 0) is 48.4 Å². The van der Waals surface area contributed by atoms with Crippen LogP contribution in [-0.2, 0) is 0 Å². The van der Waals surface area contributed by atoms with E-state index in [1.807, 2.05) is 17.5 Å². The van der Waals surface area contributed by atoms with Crippen LogP contribution in [0.5, 0.6) is 0 Å². The summed E-state index contributed by atoms with van der Waals surface area (Å²) in [4.78, 5) is 10.2. The molecule has 1 aliphatic rings. The van der Waals surface area contributed by atoms with Crippen LogP contribution in [0.3, 0.4) is 0 Å². The molecule has 0 spiro atoms. The maximum absolute atomic E-state index is 13.7. The van der Waals surface area contributed by atoms with E-state index in [1.54, 1.807) is 23.5 Å². The predicted molar refractivity (Wildman–Crippen MR) is 106 cm³/mol. The van der Waals surface area contributed by atoms with E-state index >= 15 is 0 Å². The minimum atomic E-state index is -0.345. The van der Waals surface area contributed by atoms with Crippen molar-refractivity contribution in [3.05, 3.63) is 47.6 Å². The third-order valence-corrected chi connectivity index (χ3v) is 5.50.